The normalized spacial score (nSPS) is 29.9. The lowest BCUT2D eigenvalue weighted by molar-refractivity contribution is 0.00462. The van der Waals surface area contributed by atoms with Gasteiger partial charge in [-0.1, -0.05) is 0 Å². The van der Waals surface area contributed by atoms with Crippen molar-refractivity contribution in [3.63, 3.8) is 0 Å². The third-order valence-electron chi connectivity index (χ3n) is 4.14. The van der Waals surface area contributed by atoms with Crippen molar-refractivity contribution in [3.05, 3.63) is 0 Å². The van der Waals surface area contributed by atoms with Crippen LogP contribution in [0.15, 0.2) is 0 Å². The molecule has 20 heavy (non-hydrogen) atoms. The predicted molar refractivity (Wildman–Crippen MR) is 71.4 cm³/mol. The van der Waals surface area contributed by atoms with E-state index in [9.17, 15) is 17.2 Å². The van der Waals surface area contributed by atoms with Crippen LogP contribution in [-0.2, 0) is 14.8 Å². The molecule has 8 heteroatoms. The van der Waals surface area contributed by atoms with E-state index in [1.165, 1.54) is 17.7 Å². The lowest BCUT2D eigenvalue weighted by Gasteiger charge is -2.38. The van der Waals surface area contributed by atoms with Crippen LogP contribution in [0.4, 0.5) is 8.78 Å². The van der Waals surface area contributed by atoms with E-state index in [1.54, 1.807) is 0 Å². The zero-order valence-electron chi connectivity index (χ0n) is 11.9. The minimum atomic E-state index is -3.18. The molecule has 0 saturated carbocycles. The summed E-state index contributed by atoms with van der Waals surface area (Å²) in [5.74, 6) is -2.67. The summed E-state index contributed by atoms with van der Waals surface area (Å²) < 4.78 is 56.5. The Kier molecular flexibility index (Phi) is 4.68. The van der Waals surface area contributed by atoms with Gasteiger partial charge in [-0.05, 0) is 12.8 Å². The van der Waals surface area contributed by atoms with Gasteiger partial charge in [-0.3, -0.25) is 4.90 Å². The van der Waals surface area contributed by atoms with Gasteiger partial charge in [0.05, 0.1) is 19.4 Å². The predicted octanol–water partition coefficient (Wildman–Crippen LogP) is 0.766. The zero-order chi connectivity index (χ0) is 15.0. The molecular weight excluding hydrogens is 290 g/mol. The molecular formula is C12H22F2N2O3S. The highest BCUT2D eigenvalue weighted by Crippen LogP contribution is 2.35. The number of piperidine rings is 1. The zero-order valence-corrected chi connectivity index (χ0v) is 12.7. The molecule has 2 aliphatic rings. The van der Waals surface area contributed by atoms with E-state index >= 15 is 0 Å². The molecule has 0 aliphatic carbocycles. The number of likely N-dealkylation sites (tertiary alicyclic amines) is 1. The summed E-state index contributed by atoms with van der Waals surface area (Å²) in [5, 5.41) is 0. The van der Waals surface area contributed by atoms with Gasteiger partial charge in [0.1, 0.15) is 0 Å². The van der Waals surface area contributed by atoms with Gasteiger partial charge in [-0.15, -0.1) is 0 Å². The van der Waals surface area contributed by atoms with Crippen molar-refractivity contribution < 1.29 is 21.9 Å². The Morgan fingerprint density at radius 2 is 1.90 bits per heavy atom. The molecule has 0 aromatic heterocycles. The number of hydrogen-bond donors (Lipinski definition) is 0. The largest absolute Gasteiger partial charge is 0.383 e. The summed E-state index contributed by atoms with van der Waals surface area (Å²) in [6.45, 7) is 0.864. The molecule has 0 bridgehead atoms. The second-order valence-electron chi connectivity index (χ2n) is 5.73. The molecule has 0 amide bonds. The number of rotatable bonds is 4. The third-order valence-corrected chi connectivity index (χ3v) is 5.44. The monoisotopic (exact) mass is 312 g/mol. The summed E-state index contributed by atoms with van der Waals surface area (Å²) in [6.07, 6.45) is 2.21. The molecule has 0 aromatic carbocycles. The fourth-order valence-corrected chi connectivity index (χ4v) is 4.08. The fraction of sp³-hybridized carbons (Fsp3) is 1.00. The van der Waals surface area contributed by atoms with Crippen LogP contribution < -0.4 is 0 Å². The standard InChI is InChI=1S/C12H22F2N2O3S/c1-19-8-11-7-12(13,14)9-16(11)10-3-5-15(6-4-10)20(2,17)18/h10-11H,3-9H2,1-2H3/t11-/m0/s1. The number of methoxy groups -OCH3 is 1. The molecule has 0 spiro atoms. The molecule has 2 rings (SSSR count). The average molecular weight is 312 g/mol. The topological polar surface area (TPSA) is 49.9 Å². The Hall–Kier alpha value is -0.310. The molecule has 0 N–H and O–H groups in total. The Bertz CT molecular complexity index is 436. The minimum absolute atomic E-state index is 0.0153. The number of hydrogen-bond acceptors (Lipinski definition) is 4. The van der Waals surface area contributed by atoms with Crippen LogP contribution in [0.3, 0.4) is 0 Å². The number of alkyl halides is 2. The van der Waals surface area contributed by atoms with Crippen molar-refractivity contribution >= 4 is 10.0 Å². The smallest absolute Gasteiger partial charge is 0.262 e. The molecule has 0 radical (unpaired) electrons. The second-order valence-corrected chi connectivity index (χ2v) is 7.72. The molecule has 0 aromatic rings. The van der Waals surface area contributed by atoms with E-state index < -0.39 is 15.9 Å². The summed E-state index contributed by atoms with van der Waals surface area (Å²) in [4.78, 5) is 1.81. The van der Waals surface area contributed by atoms with E-state index in [0.717, 1.165) is 0 Å². The second kappa shape index (κ2) is 5.82. The number of halogens is 2. The van der Waals surface area contributed by atoms with Gasteiger partial charge in [-0.25, -0.2) is 21.5 Å². The molecule has 2 aliphatic heterocycles. The molecule has 2 fully saturated rings. The minimum Gasteiger partial charge on any atom is -0.383 e. The van der Waals surface area contributed by atoms with Crippen molar-refractivity contribution in [2.45, 2.75) is 37.3 Å². The van der Waals surface area contributed by atoms with E-state index in [0.29, 0.717) is 32.5 Å². The van der Waals surface area contributed by atoms with E-state index in [1.807, 2.05) is 4.90 Å². The van der Waals surface area contributed by atoms with Gasteiger partial charge in [0.2, 0.25) is 10.0 Å². The van der Waals surface area contributed by atoms with Crippen molar-refractivity contribution in [1.82, 2.24) is 9.21 Å². The van der Waals surface area contributed by atoms with Crippen LogP contribution in [0.2, 0.25) is 0 Å². The van der Waals surface area contributed by atoms with Crippen molar-refractivity contribution in [1.29, 1.82) is 0 Å². The van der Waals surface area contributed by atoms with Gasteiger partial charge in [0, 0.05) is 38.7 Å². The van der Waals surface area contributed by atoms with E-state index in [-0.39, 0.29) is 25.0 Å². The van der Waals surface area contributed by atoms with Gasteiger partial charge < -0.3 is 4.74 Å². The summed E-state index contributed by atoms with van der Waals surface area (Å²) >= 11 is 0. The lowest BCUT2D eigenvalue weighted by atomic mass is 10.0. The quantitative estimate of drug-likeness (QED) is 0.769. The summed E-state index contributed by atoms with van der Waals surface area (Å²) in [6, 6.07) is -0.258. The van der Waals surface area contributed by atoms with E-state index in [2.05, 4.69) is 0 Å². The Morgan fingerprint density at radius 3 is 2.40 bits per heavy atom. The van der Waals surface area contributed by atoms with Gasteiger partial charge in [0.15, 0.2) is 0 Å². The van der Waals surface area contributed by atoms with Crippen LogP contribution in [0.5, 0.6) is 0 Å². The van der Waals surface area contributed by atoms with Crippen molar-refractivity contribution in [3.8, 4) is 0 Å². The first-order valence-corrected chi connectivity index (χ1v) is 8.65. The molecule has 1 atom stereocenters. The van der Waals surface area contributed by atoms with Crippen LogP contribution in [0, 0.1) is 0 Å². The highest BCUT2D eigenvalue weighted by molar-refractivity contribution is 7.88. The maximum absolute atomic E-state index is 13.6. The Balaban J connectivity index is 1.98. The van der Waals surface area contributed by atoms with Crippen LogP contribution in [0.25, 0.3) is 0 Å². The van der Waals surface area contributed by atoms with Gasteiger partial charge >= 0.3 is 0 Å². The first kappa shape index (κ1) is 16.1. The Labute approximate surface area is 118 Å². The van der Waals surface area contributed by atoms with Gasteiger partial charge in [0.25, 0.3) is 5.92 Å². The first-order valence-electron chi connectivity index (χ1n) is 6.80. The number of ether oxygens (including phenoxy) is 1. The third kappa shape index (κ3) is 3.66. The number of nitrogens with zero attached hydrogens (tertiary/aromatic N) is 2. The average Bonchev–Trinajstić information content (AvgIpc) is 2.64. The van der Waals surface area contributed by atoms with E-state index in [4.69, 9.17) is 4.74 Å². The maximum Gasteiger partial charge on any atom is 0.262 e. The molecule has 2 saturated heterocycles. The van der Waals surface area contributed by atoms with Crippen LogP contribution in [-0.4, -0.2) is 75.2 Å². The lowest BCUT2D eigenvalue weighted by Crippen LogP contribution is -2.49. The number of sulfonamides is 1. The highest BCUT2D eigenvalue weighted by Gasteiger charge is 2.47. The van der Waals surface area contributed by atoms with Crippen molar-refractivity contribution in [2.24, 2.45) is 0 Å². The highest BCUT2D eigenvalue weighted by atomic mass is 32.2. The summed E-state index contributed by atoms with van der Waals surface area (Å²) in [5.41, 5.74) is 0. The van der Waals surface area contributed by atoms with Gasteiger partial charge in [-0.2, -0.15) is 0 Å². The molecule has 0 unspecified atom stereocenters. The molecule has 2 heterocycles. The molecule has 118 valence electrons. The van der Waals surface area contributed by atoms with Crippen molar-refractivity contribution in [2.75, 3.05) is 39.6 Å². The van der Waals surface area contributed by atoms with Crippen LogP contribution in [0.1, 0.15) is 19.3 Å². The molecule has 5 nitrogen and oxygen atoms in total. The summed E-state index contributed by atoms with van der Waals surface area (Å²) in [7, 11) is -1.66. The Morgan fingerprint density at radius 1 is 1.30 bits per heavy atom. The fourth-order valence-electron chi connectivity index (χ4n) is 3.20. The first-order chi connectivity index (χ1) is 9.23. The SMILES string of the molecule is COC[C@@H]1CC(F)(F)CN1C1CCN(S(C)(=O)=O)CC1. The van der Waals surface area contributed by atoms with Crippen LogP contribution >= 0.6 is 0 Å². The maximum atomic E-state index is 13.6.